The van der Waals surface area contributed by atoms with Crippen LogP contribution < -0.4 is 10.6 Å². The number of amides is 1. The number of nitrogens with zero attached hydrogens (tertiary/aromatic N) is 1. The summed E-state index contributed by atoms with van der Waals surface area (Å²) in [4.78, 5) is 13.6. The van der Waals surface area contributed by atoms with E-state index in [-0.39, 0.29) is 11.9 Å². The third-order valence-corrected chi connectivity index (χ3v) is 8.13. The molecule has 134 valence electrons. The summed E-state index contributed by atoms with van der Waals surface area (Å²) in [5.41, 5.74) is 0. The first-order valence-electron chi connectivity index (χ1n) is 8.50. The third-order valence-electron chi connectivity index (χ3n) is 4.76. The minimum Gasteiger partial charge on any atom is -0.352 e. The van der Waals surface area contributed by atoms with Crippen molar-refractivity contribution in [3.8, 4) is 0 Å². The molecule has 6 nitrogen and oxygen atoms in total. The van der Waals surface area contributed by atoms with Gasteiger partial charge in [0.2, 0.25) is 5.91 Å². The largest absolute Gasteiger partial charge is 0.352 e. The van der Waals surface area contributed by atoms with Crippen LogP contribution in [0.3, 0.4) is 0 Å². The smallest absolute Gasteiger partial charge is 0.253 e. The van der Waals surface area contributed by atoms with Gasteiger partial charge in [0.1, 0.15) is 10.3 Å². The van der Waals surface area contributed by atoms with Crippen LogP contribution in [0.2, 0.25) is 0 Å². The van der Waals surface area contributed by atoms with Gasteiger partial charge in [0, 0.05) is 23.5 Å². The van der Waals surface area contributed by atoms with E-state index in [2.05, 4.69) is 17.6 Å². The molecule has 0 saturated carbocycles. The van der Waals surface area contributed by atoms with Crippen LogP contribution in [-0.2, 0) is 14.8 Å². The second kappa shape index (κ2) is 7.11. The molecule has 3 atom stereocenters. The van der Waals surface area contributed by atoms with E-state index in [0.29, 0.717) is 23.2 Å². The Hall–Kier alpha value is -0.960. The van der Waals surface area contributed by atoms with Gasteiger partial charge in [-0.1, -0.05) is 0 Å². The van der Waals surface area contributed by atoms with Gasteiger partial charge in [-0.3, -0.25) is 4.79 Å². The summed E-state index contributed by atoms with van der Waals surface area (Å²) in [7, 11) is -3.58. The van der Waals surface area contributed by atoms with Gasteiger partial charge in [-0.15, -0.1) is 11.3 Å². The molecule has 2 aliphatic rings. The fourth-order valence-corrected chi connectivity index (χ4v) is 6.59. The van der Waals surface area contributed by atoms with Crippen LogP contribution in [0.5, 0.6) is 0 Å². The lowest BCUT2D eigenvalue weighted by molar-refractivity contribution is -0.125. The average molecular weight is 372 g/mol. The predicted octanol–water partition coefficient (Wildman–Crippen LogP) is 1.47. The minimum atomic E-state index is -3.58. The SMILES string of the molecule is Cc1ccc(S(=O)(=O)N2CCCC2C(=O)NC2CCNC(C)C2)s1. The summed E-state index contributed by atoms with van der Waals surface area (Å²) < 4.78 is 27.4. The van der Waals surface area contributed by atoms with Crippen LogP contribution in [0.4, 0.5) is 0 Å². The first-order valence-corrected chi connectivity index (χ1v) is 10.8. The maximum Gasteiger partial charge on any atom is 0.253 e. The summed E-state index contributed by atoms with van der Waals surface area (Å²) in [5, 5.41) is 6.42. The predicted molar refractivity (Wildman–Crippen MR) is 94.6 cm³/mol. The summed E-state index contributed by atoms with van der Waals surface area (Å²) in [5.74, 6) is -0.150. The Bertz CT molecular complexity index is 701. The molecule has 1 aromatic heterocycles. The molecule has 3 heterocycles. The van der Waals surface area contributed by atoms with E-state index < -0.39 is 16.1 Å². The molecule has 1 amide bonds. The highest BCUT2D eigenvalue weighted by atomic mass is 32.2. The first-order chi connectivity index (χ1) is 11.4. The van der Waals surface area contributed by atoms with Crippen LogP contribution in [-0.4, -0.2) is 49.8 Å². The molecule has 8 heteroatoms. The van der Waals surface area contributed by atoms with Crippen LogP contribution in [0, 0.1) is 6.92 Å². The fourth-order valence-electron chi connectivity index (χ4n) is 3.52. The third kappa shape index (κ3) is 3.66. The molecular weight excluding hydrogens is 346 g/mol. The zero-order valence-electron chi connectivity index (χ0n) is 14.1. The van der Waals surface area contributed by atoms with Gasteiger partial charge < -0.3 is 10.6 Å². The molecule has 0 aliphatic carbocycles. The summed E-state index contributed by atoms with van der Waals surface area (Å²) >= 11 is 1.26. The highest BCUT2D eigenvalue weighted by molar-refractivity contribution is 7.91. The molecule has 24 heavy (non-hydrogen) atoms. The lowest BCUT2D eigenvalue weighted by Crippen LogP contribution is -2.52. The Morgan fingerprint density at radius 3 is 2.83 bits per heavy atom. The topological polar surface area (TPSA) is 78.5 Å². The maximum atomic E-state index is 12.9. The van der Waals surface area contributed by atoms with Crippen molar-refractivity contribution in [3.05, 3.63) is 17.0 Å². The Morgan fingerprint density at radius 2 is 2.17 bits per heavy atom. The zero-order valence-corrected chi connectivity index (χ0v) is 15.8. The van der Waals surface area contributed by atoms with Crippen molar-refractivity contribution in [1.29, 1.82) is 0 Å². The van der Waals surface area contributed by atoms with E-state index in [4.69, 9.17) is 0 Å². The quantitative estimate of drug-likeness (QED) is 0.840. The molecule has 2 N–H and O–H groups in total. The Morgan fingerprint density at radius 1 is 1.38 bits per heavy atom. The molecule has 3 unspecified atom stereocenters. The first kappa shape index (κ1) is 17.8. The number of piperidine rings is 1. The lowest BCUT2D eigenvalue weighted by atomic mass is 10.0. The van der Waals surface area contributed by atoms with Crippen molar-refractivity contribution in [2.24, 2.45) is 0 Å². The number of thiophene rings is 1. The molecule has 0 radical (unpaired) electrons. The van der Waals surface area contributed by atoms with E-state index in [9.17, 15) is 13.2 Å². The van der Waals surface area contributed by atoms with Crippen LogP contribution in [0.25, 0.3) is 0 Å². The second-order valence-corrected chi connectivity index (χ2v) is 10.1. The van der Waals surface area contributed by atoms with E-state index in [1.54, 1.807) is 12.1 Å². The number of nitrogens with one attached hydrogen (secondary N) is 2. The average Bonchev–Trinajstić information content (AvgIpc) is 3.16. The Kier molecular flexibility index (Phi) is 5.29. The number of hydrogen-bond donors (Lipinski definition) is 2. The molecule has 2 fully saturated rings. The van der Waals surface area contributed by atoms with Crippen molar-refractivity contribution in [1.82, 2.24) is 14.9 Å². The number of aryl methyl sites for hydroxylation is 1. The van der Waals surface area contributed by atoms with E-state index >= 15 is 0 Å². The monoisotopic (exact) mass is 371 g/mol. The molecule has 0 spiro atoms. The number of sulfonamides is 1. The molecule has 2 aliphatic heterocycles. The van der Waals surface area contributed by atoms with Crippen molar-refractivity contribution in [2.45, 2.75) is 61.9 Å². The summed E-state index contributed by atoms with van der Waals surface area (Å²) in [6.45, 7) is 5.28. The number of rotatable bonds is 4. The van der Waals surface area contributed by atoms with Gasteiger partial charge in [0.15, 0.2) is 0 Å². The number of carbonyl (C=O) groups is 1. The van der Waals surface area contributed by atoms with Gasteiger partial charge >= 0.3 is 0 Å². The highest BCUT2D eigenvalue weighted by Crippen LogP contribution is 2.30. The molecule has 1 aromatic rings. The Balaban J connectivity index is 1.72. The van der Waals surface area contributed by atoms with Gasteiger partial charge in [0.25, 0.3) is 10.0 Å². The normalized spacial score (nSPS) is 28.8. The van der Waals surface area contributed by atoms with Crippen molar-refractivity contribution < 1.29 is 13.2 Å². The van der Waals surface area contributed by atoms with Crippen LogP contribution in [0.15, 0.2) is 16.3 Å². The molecule has 0 bridgehead atoms. The molecule has 0 aromatic carbocycles. The van der Waals surface area contributed by atoms with Crippen LogP contribution >= 0.6 is 11.3 Å². The summed E-state index contributed by atoms with van der Waals surface area (Å²) in [6.07, 6.45) is 3.09. The number of carbonyl (C=O) groups excluding carboxylic acids is 1. The van der Waals surface area contributed by atoms with Crippen molar-refractivity contribution in [2.75, 3.05) is 13.1 Å². The second-order valence-electron chi connectivity index (χ2n) is 6.72. The van der Waals surface area contributed by atoms with E-state index in [1.807, 2.05) is 6.92 Å². The number of hydrogen-bond acceptors (Lipinski definition) is 5. The highest BCUT2D eigenvalue weighted by Gasteiger charge is 2.40. The van der Waals surface area contributed by atoms with Gasteiger partial charge in [-0.2, -0.15) is 4.31 Å². The van der Waals surface area contributed by atoms with Crippen molar-refractivity contribution >= 4 is 27.3 Å². The maximum absolute atomic E-state index is 12.9. The van der Waals surface area contributed by atoms with E-state index in [0.717, 1.165) is 30.7 Å². The van der Waals surface area contributed by atoms with Gasteiger partial charge in [-0.05, 0) is 58.2 Å². The van der Waals surface area contributed by atoms with Gasteiger partial charge in [0.05, 0.1) is 0 Å². The van der Waals surface area contributed by atoms with Crippen LogP contribution in [0.1, 0.15) is 37.5 Å². The van der Waals surface area contributed by atoms with E-state index in [1.165, 1.54) is 15.6 Å². The van der Waals surface area contributed by atoms with Crippen molar-refractivity contribution in [3.63, 3.8) is 0 Å². The lowest BCUT2D eigenvalue weighted by Gasteiger charge is -2.30. The fraction of sp³-hybridized carbons (Fsp3) is 0.688. The standard InChI is InChI=1S/C16H25N3O3S2/c1-11-10-13(7-8-17-11)18-16(20)14-4-3-9-19(14)24(21,22)15-6-5-12(2)23-15/h5-6,11,13-14,17H,3-4,7-10H2,1-2H3,(H,18,20). The minimum absolute atomic E-state index is 0.128. The zero-order chi connectivity index (χ0) is 17.3. The molecule has 2 saturated heterocycles. The Labute approximate surface area is 147 Å². The van der Waals surface area contributed by atoms with Gasteiger partial charge in [-0.25, -0.2) is 8.42 Å². The molecule has 3 rings (SSSR count). The summed E-state index contributed by atoms with van der Waals surface area (Å²) in [6, 6.07) is 3.36. The molecular formula is C16H25N3O3S2.